The van der Waals surface area contributed by atoms with Crippen molar-refractivity contribution < 1.29 is 9.84 Å². The van der Waals surface area contributed by atoms with Crippen molar-refractivity contribution in [2.24, 2.45) is 0 Å². The van der Waals surface area contributed by atoms with Crippen molar-refractivity contribution in [1.29, 1.82) is 0 Å². The third kappa shape index (κ3) is 2.70. The zero-order valence-electron chi connectivity index (χ0n) is 11.9. The Morgan fingerprint density at radius 2 is 2.25 bits per heavy atom. The first-order chi connectivity index (χ1) is 9.65. The molecule has 4 nitrogen and oxygen atoms in total. The summed E-state index contributed by atoms with van der Waals surface area (Å²) in [5, 5.41) is 9.84. The Morgan fingerprint density at radius 3 is 2.95 bits per heavy atom. The molecule has 0 saturated heterocycles. The standard InChI is InChI=1S/C16H20N2O2/c1-11-3-6-16(15(7-11)12(2)19)20-9-14-8-17-10-18(14)13-4-5-13/h3,6-8,10,12-13,19H,4-5,9H2,1-2H3/t12-/m1/s1. The van der Waals surface area contributed by atoms with Gasteiger partial charge in [-0.25, -0.2) is 4.98 Å². The highest BCUT2D eigenvalue weighted by atomic mass is 16.5. The van der Waals surface area contributed by atoms with E-state index < -0.39 is 6.10 Å². The molecule has 1 fully saturated rings. The summed E-state index contributed by atoms with van der Waals surface area (Å²) in [6.07, 6.45) is 5.66. The van der Waals surface area contributed by atoms with Gasteiger partial charge in [-0.1, -0.05) is 11.6 Å². The SMILES string of the molecule is Cc1ccc(OCc2cncn2C2CC2)c([C@@H](C)O)c1. The molecule has 1 heterocycles. The summed E-state index contributed by atoms with van der Waals surface area (Å²) in [6, 6.07) is 6.50. The molecule has 0 radical (unpaired) electrons. The number of aryl methyl sites for hydroxylation is 1. The first kappa shape index (κ1) is 13.2. The van der Waals surface area contributed by atoms with E-state index in [2.05, 4.69) is 9.55 Å². The molecule has 3 rings (SSSR count). The second-order valence-electron chi connectivity index (χ2n) is 5.53. The van der Waals surface area contributed by atoms with Crippen LogP contribution >= 0.6 is 0 Å². The number of aromatic nitrogens is 2. The summed E-state index contributed by atoms with van der Waals surface area (Å²) in [4.78, 5) is 4.20. The smallest absolute Gasteiger partial charge is 0.130 e. The van der Waals surface area contributed by atoms with E-state index in [9.17, 15) is 5.11 Å². The lowest BCUT2D eigenvalue weighted by Crippen LogP contribution is -2.06. The monoisotopic (exact) mass is 272 g/mol. The Balaban J connectivity index is 1.76. The molecule has 0 spiro atoms. The first-order valence-corrected chi connectivity index (χ1v) is 7.07. The van der Waals surface area contributed by atoms with Gasteiger partial charge in [0.1, 0.15) is 12.4 Å². The van der Waals surface area contributed by atoms with Gasteiger partial charge >= 0.3 is 0 Å². The maximum Gasteiger partial charge on any atom is 0.130 e. The molecule has 0 aliphatic heterocycles. The van der Waals surface area contributed by atoms with Gasteiger partial charge in [-0.05, 0) is 38.8 Å². The van der Waals surface area contributed by atoms with E-state index in [4.69, 9.17) is 4.74 Å². The number of rotatable bonds is 5. The predicted molar refractivity (Wildman–Crippen MR) is 76.6 cm³/mol. The maximum absolute atomic E-state index is 9.84. The summed E-state index contributed by atoms with van der Waals surface area (Å²) in [7, 11) is 0. The molecular formula is C16H20N2O2. The van der Waals surface area contributed by atoms with Gasteiger partial charge in [-0.15, -0.1) is 0 Å². The third-order valence-corrected chi connectivity index (χ3v) is 3.68. The molecule has 1 aromatic carbocycles. The molecule has 1 aliphatic rings. The highest BCUT2D eigenvalue weighted by molar-refractivity contribution is 5.38. The summed E-state index contributed by atoms with van der Waals surface area (Å²) in [6.45, 7) is 4.26. The Morgan fingerprint density at radius 1 is 1.45 bits per heavy atom. The van der Waals surface area contributed by atoms with Crippen LogP contribution in [0.1, 0.15) is 48.7 Å². The number of ether oxygens (including phenoxy) is 1. The lowest BCUT2D eigenvalue weighted by Gasteiger charge is -2.15. The fourth-order valence-corrected chi connectivity index (χ4v) is 2.40. The van der Waals surface area contributed by atoms with Gasteiger partial charge in [0, 0.05) is 11.6 Å². The van der Waals surface area contributed by atoms with Crippen LogP contribution in [0.3, 0.4) is 0 Å². The van der Waals surface area contributed by atoms with Gasteiger partial charge < -0.3 is 14.4 Å². The highest BCUT2D eigenvalue weighted by Gasteiger charge is 2.25. The van der Waals surface area contributed by atoms with Crippen LogP contribution in [0.5, 0.6) is 5.75 Å². The number of aliphatic hydroxyl groups is 1. The molecule has 1 aliphatic carbocycles. The van der Waals surface area contributed by atoms with Crippen molar-refractivity contribution in [2.75, 3.05) is 0 Å². The normalized spacial score (nSPS) is 16.1. The average Bonchev–Trinajstić information content (AvgIpc) is 3.16. The van der Waals surface area contributed by atoms with E-state index in [1.807, 2.05) is 37.6 Å². The van der Waals surface area contributed by atoms with Crippen LogP contribution in [-0.4, -0.2) is 14.7 Å². The van der Waals surface area contributed by atoms with Gasteiger partial charge in [0.15, 0.2) is 0 Å². The number of aliphatic hydroxyl groups excluding tert-OH is 1. The van der Waals surface area contributed by atoms with Gasteiger partial charge in [0.25, 0.3) is 0 Å². The van der Waals surface area contributed by atoms with E-state index in [1.54, 1.807) is 6.92 Å². The van der Waals surface area contributed by atoms with Crippen LogP contribution in [0, 0.1) is 6.92 Å². The van der Waals surface area contributed by atoms with Crippen LogP contribution in [-0.2, 0) is 6.61 Å². The molecule has 1 N–H and O–H groups in total. The van der Waals surface area contributed by atoms with Gasteiger partial charge in [0.05, 0.1) is 24.3 Å². The molecule has 106 valence electrons. The molecule has 1 saturated carbocycles. The van der Waals surface area contributed by atoms with Gasteiger partial charge in [0.2, 0.25) is 0 Å². The van der Waals surface area contributed by atoms with E-state index in [-0.39, 0.29) is 0 Å². The molecule has 0 amide bonds. The average molecular weight is 272 g/mol. The largest absolute Gasteiger partial charge is 0.487 e. The second-order valence-corrected chi connectivity index (χ2v) is 5.53. The van der Waals surface area contributed by atoms with Crippen LogP contribution in [0.15, 0.2) is 30.7 Å². The van der Waals surface area contributed by atoms with Crippen molar-refractivity contribution >= 4 is 0 Å². The highest BCUT2D eigenvalue weighted by Crippen LogP contribution is 2.36. The van der Waals surface area contributed by atoms with Crippen molar-refractivity contribution in [2.45, 2.75) is 45.4 Å². The molecule has 0 unspecified atom stereocenters. The molecule has 2 aromatic rings. The minimum Gasteiger partial charge on any atom is -0.487 e. The maximum atomic E-state index is 9.84. The van der Waals surface area contributed by atoms with Crippen molar-refractivity contribution in [3.05, 3.63) is 47.5 Å². The van der Waals surface area contributed by atoms with Crippen molar-refractivity contribution in [3.63, 3.8) is 0 Å². The van der Waals surface area contributed by atoms with Crippen LogP contribution in [0.25, 0.3) is 0 Å². The fourth-order valence-electron chi connectivity index (χ4n) is 2.40. The molecule has 20 heavy (non-hydrogen) atoms. The Labute approximate surface area is 119 Å². The molecule has 1 atom stereocenters. The zero-order valence-corrected chi connectivity index (χ0v) is 11.9. The third-order valence-electron chi connectivity index (χ3n) is 3.68. The predicted octanol–water partition coefficient (Wildman–Crippen LogP) is 3.16. The van der Waals surface area contributed by atoms with Crippen LogP contribution < -0.4 is 4.74 Å². The summed E-state index contributed by atoms with van der Waals surface area (Å²) in [5.41, 5.74) is 3.04. The topological polar surface area (TPSA) is 47.3 Å². The summed E-state index contributed by atoms with van der Waals surface area (Å²) < 4.78 is 8.09. The van der Waals surface area contributed by atoms with Crippen LogP contribution in [0.2, 0.25) is 0 Å². The Bertz CT molecular complexity index is 600. The number of imidazole rings is 1. The Kier molecular flexibility index (Phi) is 3.49. The van der Waals surface area contributed by atoms with Crippen molar-refractivity contribution in [3.8, 4) is 5.75 Å². The minimum absolute atomic E-state index is 0.485. The molecule has 1 aromatic heterocycles. The minimum atomic E-state index is -0.529. The Hall–Kier alpha value is -1.81. The number of hydrogen-bond donors (Lipinski definition) is 1. The summed E-state index contributed by atoms with van der Waals surface area (Å²) >= 11 is 0. The van der Waals surface area contributed by atoms with E-state index in [1.165, 1.54) is 12.8 Å². The quantitative estimate of drug-likeness (QED) is 0.909. The van der Waals surface area contributed by atoms with Gasteiger partial charge in [-0.2, -0.15) is 0 Å². The number of hydrogen-bond acceptors (Lipinski definition) is 3. The summed E-state index contributed by atoms with van der Waals surface area (Å²) in [5.74, 6) is 0.745. The van der Waals surface area contributed by atoms with Crippen LogP contribution in [0.4, 0.5) is 0 Å². The molecule has 4 heteroatoms. The van der Waals surface area contributed by atoms with E-state index in [0.717, 1.165) is 22.6 Å². The van der Waals surface area contributed by atoms with Crippen molar-refractivity contribution in [1.82, 2.24) is 9.55 Å². The number of benzene rings is 1. The number of nitrogens with zero attached hydrogens (tertiary/aromatic N) is 2. The zero-order chi connectivity index (χ0) is 14.1. The fraction of sp³-hybridized carbons (Fsp3) is 0.438. The van der Waals surface area contributed by atoms with E-state index >= 15 is 0 Å². The van der Waals surface area contributed by atoms with E-state index in [0.29, 0.717) is 12.6 Å². The van der Waals surface area contributed by atoms with Gasteiger partial charge in [-0.3, -0.25) is 0 Å². The first-order valence-electron chi connectivity index (χ1n) is 7.07. The lowest BCUT2D eigenvalue weighted by atomic mass is 10.1. The second kappa shape index (κ2) is 5.29. The molecular weight excluding hydrogens is 252 g/mol. The molecule has 0 bridgehead atoms. The lowest BCUT2D eigenvalue weighted by molar-refractivity contribution is 0.189.